The molecule has 0 aliphatic rings. The molecule has 1 rings (SSSR count). The van der Waals surface area contributed by atoms with Gasteiger partial charge in [-0.25, -0.2) is 0 Å². The van der Waals surface area contributed by atoms with Crippen molar-refractivity contribution in [2.45, 2.75) is 82.4 Å². The number of rotatable bonds is 12. The van der Waals surface area contributed by atoms with Gasteiger partial charge < -0.3 is 0 Å². The third kappa shape index (κ3) is 11.0. The molecule has 3 nitrogen and oxygen atoms in total. The van der Waals surface area contributed by atoms with E-state index in [1.54, 1.807) is 12.1 Å². The molecule has 130 valence electrons. The van der Waals surface area contributed by atoms with Gasteiger partial charge in [0, 0.05) is 0 Å². The van der Waals surface area contributed by atoms with Crippen LogP contribution < -0.4 is 0 Å². The Hall–Kier alpha value is 0.701. The molecule has 0 amide bonds. The van der Waals surface area contributed by atoms with E-state index in [-0.39, 0.29) is 53.8 Å². The molecule has 0 atom stereocenters. The van der Waals surface area contributed by atoms with Crippen LogP contribution in [0, 0.1) is 0 Å². The van der Waals surface area contributed by atoms with Gasteiger partial charge in [-0.2, -0.15) is 8.42 Å². The summed E-state index contributed by atoms with van der Waals surface area (Å²) in [7, 11) is -4.10. The summed E-state index contributed by atoms with van der Waals surface area (Å²) in [6.45, 7) is 2.24. The quantitative estimate of drug-likeness (QED) is 0.281. The number of hydrogen-bond donors (Lipinski definition) is 1. The van der Waals surface area contributed by atoms with E-state index in [4.69, 9.17) is 0 Å². The fourth-order valence-electron chi connectivity index (χ4n) is 2.76. The predicted octanol–water partition coefficient (Wildman–Crippen LogP) is 4.48. The summed E-state index contributed by atoms with van der Waals surface area (Å²) in [5, 5.41) is 0. The fraction of sp³-hybridized carbons (Fsp3) is 0.667. The van der Waals surface area contributed by atoms with Crippen LogP contribution in [0.3, 0.4) is 0 Å². The van der Waals surface area contributed by atoms with Crippen molar-refractivity contribution in [1.29, 1.82) is 0 Å². The summed E-state index contributed by atoms with van der Waals surface area (Å²) in [4.78, 5) is 0.0610. The zero-order valence-corrected chi connectivity index (χ0v) is 14.6. The molecule has 1 aromatic carbocycles. The molecular weight excluding hydrogens is 434 g/mol. The summed E-state index contributed by atoms with van der Waals surface area (Å²) < 4.78 is 31.8. The van der Waals surface area contributed by atoms with E-state index in [0.29, 0.717) is 6.42 Å². The number of aryl methyl sites for hydroxylation is 1. The third-order valence-corrected chi connectivity index (χ3v) is 5.00. The maximum absolute atomic E-state index is 11.3. The minimum atomic E-state index is -4.10. The van der Waals surface area contributed by atoms with Crippen molar-refractivity contribution in [2.24, 2.45) is 0 Å². The fourth-order valence-corrected chi connectivity index (χ4v) is 3.52. The second-order valence-corrected chi connectivity index (χ2v) is 7.40. The molecule has 0 saturated carbocycles. The minimum absolute atomic E-state index is 0. The molecule has 0 radical (unpaired) electrons. The topological polar surface area (TPSA) is 54.4 Å². The summed E-state index contributed by atoms with van der Waals surface area (Å²) in [5.74, 6) is 0. The van der Waals surface area contributed by atoms with Gasteiger partial charge in [0.25, 0.3) is 10.1 Å². The Balaban J connectivity index is 0.00000484. The van der Waals surface area contributed by atoms with Crippen molar-refractivity contribution in [3.05, 3.63) is 29.8 Å². The molecule has 0 bridgehead atoms. The molecule has 0 fully saturated rings. The summed E-state index contributed by atoms with van der Waals surface area (Å²) in [6, 6.07) is 6.73. The molecule has 1 aromatic rings. The van der Waals surface area contributed by atoms with Gasteiger partial charge in [-0.1, -0.05) is 82.9 Å². The molecule has 0 spiro atoms. The van der Waals surface area contributed by atoms with Gasteiger partial charge >= 0.3 is 48.9 Å². The van der Waals surface area contributed by atoms with E-state index in [2.05, 4.69) is 6.92 Å². The molecule has 0 unspecified atom stereocenters. The summed E-state index contributed by atoms with van der Waals surface area (Å²) in [6.07, 6.45) is 13.3. The molecule has 0 aliphatic heterocycles. The number of hydrogen-bond acceptors (Lipinski definition) is 2. The van der Waals surface area contributed by atoms with Gasteiger partial charge in [0.2, 0.25) is 0 Å². The Morgan fingerprint density at radius 1 is 0.826 bits per heavy atom. The van der Waals surface area contributed by atoms with E-state index < -0.39 is 10.1 Å². The first kappa shape index (κ1) is 23.7. The van der Waals surface area contributed by atoms with Gasteiger partial charge in [0.1, 0.15) is 0 Å². The Morgan fingerprint density at radius 3 is 1.83 bits per heavy atom. The molecule has 0 aromatic heterocycles. The zero-order chi connectivity index (χ0) is 16.3. The van der Waals surface area contributed by atoms with Crippen LogP contribution in [0.5, 0.6) is 0 Å². The van der Waals surface area contributed by atoms with Crippen LogP contribution in [0.25, 0.3) is 0 Å². The molecule has 0 aliphatic carbocycles. The molecular formula is C18H32BaO3S. The molecule has 5 heteroatoms. The average Bonchev–Trinajstić information content (AvgIpc) is 2.48. The van der Waals surface area contributed by atoms with Gasteiger partial charge in [0.05, 0.1) is 4.90 Å². The second-order valence-electron chi connectivity index (χ2n) is 6.01. The second kappa shape index (κ2) is 13.9. The van der Waals surface area contributed by atoms with E-state index in [9.17, 15) is 13.0 Å². The maximum atomic E-state index is 11.3. The first-order valence-electron chi connectivity index (χ1n) is 8.61. The first-order chi connectivity index (χ1) is 10.6. The SMILES string of the molecule is CCCCCCCCCCCCc1ccccc1S(=O)(=O)O.[BaH2]. The van der Waals surface area contributed by atoms with Crippen LogP contribution in [-0.4, -0.2) is 61.9 Å². The van der Waals surface area contributed by atoms with Gasteiger partial charge in [-0.3, -0.25) is 4.55 Å². The van der Waals surface area contributed by atoms with E-state index >= 15 is 0 Å². The van der Waals surface area contributed by atoms with Gasteiger partial charge in [0.15, 0.2) is 0 Å². The van der Waals surface area contributed by atoms with Crippen LogP contribution in [-0.2, 0) is 16.5 Å². The van der Waals surface area contributed by atoms with Crippen molar-refractivity contribution in [1.82, 2.24) is 0 Å². The predicted molar refractivity (Wildman–Crippen MR) is 100 cm³/mol. The molecule has 23 heavy (non-hydrogen) atoms. The van der Waals surface area contributed by atoms with Crippen molar-refractivity contribution in [2.75, 3.05) is 0 Å². The summed E-state index contributed by atoms with van der Waals surface area (Å²) >= 11 is 0. The van der Waals surface area contributed by atoms with Crippen LogP contribution in [0.15, 0.2) is 29.2 Å². The van der Waals surface area contributed by atoms with Gasteiger partial charge in [-0.05, 0) is 24.5 Å². The molecule has 0 heterocycles. The monoisotopic (exact) mass is 466 g/mol. The van der Waals surface area contributed by atoms with Gasteiger partial charge in [-0.15, -0.1) is 0 Å². The molecule has 0 saturated heterocycles. The van der Waals surface area contributed by atoms with E-state index in [1.807, 2.05) is 6.07 Å². The van der Waals surface area contributed by atoms with Crippen LogP contribution >= 0.6 is 0 Å². The average molecular weight is 466 g/mol. The number of benzene rings is 1. The Bertz CT molecular complexity index is 515. The zero-order valence-electron chi connectivity index (χ0n) is 13.8. The normalized spacial score (nSPS) is 11.2. The Kier molecular flexibility index (Phi) is 14.4. The van der Waals surface area contributed by atoms with Crippen LogP contribution in [0.4, 0.5) is 0 Å². The van der Waals surface area contributed by atoms with Crippen LogP contribution in [0.2, 0.25) is 0 Å². The van der Waals surface area contributed by atoms with Crippen molar-refractivity contribution in [3.63, 3.8) is 0 Å². The Labute approximate surface area is 182 Å². The van der Waals surface area contributed by atoms with Crippen LogP contribution in [0.1, 0.15) is 76.7 Å². The summed E-state index contributed by atoms with van der Waals surface area (Å²) in [5.41, 5.74) is 0.726. The standard InChI is InChI=1S/C18H30O3S.Ba.2H/c1-2-3-4-5-6-7-8-9-10-11-14-17-15-12-13-16-18(17)22(19,20)21;;;/h12-13,15-16H,2-11,14H2,1H3,(H,19,20,21);;;. The molecule has 1 N–H and O–H groups in total. The van der Waals surface area contributed by atoms with E-state index in [1.165, 1.54) is 57.4 Å². The third-order valence-electron chi connectivity index (χ3n) is 4.05. The van der Waals surface area contributed by atoms with Crippen molar-refractivity contribution < 1.29 is 13.0 Å². The Morgan fingerprint density at radius 2 is 1.30 bits per heavy atom. The van der Waals surface area contributed by atoms with E-state index in [0.717, 1.165) is 18.4 Å². The first-order valence-corrected chi connectivity index (χ1v) is 10.0. The van der Waals surface area contributed by atoms with Crippen molar-refractivity contribution >= 4 is 59.0 Å². The number of unbranched alkanes of at least 4 members (excludes halogenated alkanes) is 9. The van der Waals surface area contributed by atoms with Crippen molar-refractivity contribution in [3.8, 4) is 0 Å².